The van der Waals surface area contributed by atoms with Crippen molar-refractivity contribution in [2.45, 2.75) is 38.0 Å². The zero-order chi connectivity index (χ0) is 11.7. The zero-order valence-corrected chi connectivity index (χ0v) is 8.00. The van der Waals surface area contributed by atoms with E-state index in [-0.39, 0.29) is 12.8 Å². The van der Waals surface area contributed by atoms with Gasteiger partial charge in [-0.1, -0.05) is 0 Å². The fourth-order valence-corrected chi connectivity index (χ4v) is 1.85. The Bertz CT molecular complexity index is 278. The average molecular weight is 222 g/mol. The van der Waals surface area contributed by atoms with E-state index in [0.717, 1.165) is 0 Å². The van der Waals surface area contributed by atoms with Gasteiger partial charge in [-0.05, 0) is 12.8 Å². The molecule has 2 N–H and O–H groups in total. The lowest BCUT2D eigenvalue weighted by Crippen LogP contribution is -2.40. The van der Waals surface area contributed by atoms with Gasteiger partial charge in [0.2, 0.25) is 5.92 Å². The summed E-state index contributed by atoms with van der Waals surface area (Å²) in [7, 11) is 0. The van der Waals surface area contributed by atoms with E-state index >= 15 is 0 Å². The van der Waals surface area contributed by atoms with Crippen molar-refractivity contribution in [1.29, 1.82) is 0 Å². The maximum atomic E-state index is 12.8. The molecular formula is C9H12F2O4. The van der Waals surface area contributed by atoms with Crippen LogP contribution in [0.1, 0.15) is 32.1 Å². The molecule has 0 aromatic heterocycles. The number of rotatable bonds is 3. The summed E-state index contributed by atoms with van der Waals surface area (Å²) in [6, 6.07) is 0. The highest BCUT2D eigenvalue weighted by Gasteiger charge is 2.49. The van der Waals surface area contributed by atoms with Crippen LogP contribution in [0.25, 0.3) is 0 Å². The molecule has 1 aliphatic carbocycles. The van der Waals surface area contributed by atoms with Gasteiger partial charge in [-0.25, -0.2) is 8.78 Å². The summed E-state index contributed by atoms with van der Waals surface area (Å²) >= 11 is 0. The quantitative estimate of drug-likeness (QED) is 0.762. The third-order valence-electron chi connectivity index (χ3n) is 2.88. The number of hydrogen-bond acceptors (Lipinski definition) is 2. The minimum absolute atomic E-state index is 0.276. The number of aliphatic carboxylic acids is 2. The van der Waals surface area contributed by atoms with Gasteiger partial charge in [0.25, 0.3) is 0 Å². The third-order valence-corrected chi connectivity index (χ3v) is 2.88. The van der Waals surface area contributed by atoms with E-state index in [2.05, 4.69) is 0 Å². The van der Waals surface area contributed by atoms with E-state index in [4.69, 9.17) is 10.2 Å². The molecule has 0 aliphatic heterocycles. The Morgan fingerprint density at radius 3 is 1.87 bits per heavy atom. The molecule has 1 aliphatic rings. The Kier molecular flexibility index (Phi) is 2.97. The molecule has 6 heteroatoms. The summed E-state index contributed by atoms with van der Waals surface area (Å²) < 4.78 is 25.6. The number of carboxylic acid groups (broad SMARTS) is 2. The summed E-state index contributed by atoms with van der Waals surface area (Å²) in [5.41, 5.74) is -1.51. The van der Waals surface area contributed by atoms with Crippen LogP contribution in [-0.4, -0.2) is 28.1 Å². The first kappa shape index (κ1) is 11.9. The molecule has 0 bridgehead atoms. The molecule has 0 aromatic carbocycles. The minimum Gasteiger partial charge on any atom is -0.481 e. The standard InChI is InChI=1S/C9H12F2O4/c10-9(11)3-1-8(2-4-9,7(14)15)5-6(12)13/h1-5H2,(H,12,13)(H,14,15). The highest BCUT2D eigenvalue weighted by atomic mass is 19.3. The molecule has 86 valence electrons. The van der Waals surface area contributed by atoms with Crippen LogP contribution in [-0.2, 0) is 9.59 Å². The van der Waals surface area contributed by atoms with Crippen LogP contribution >= 0.6 is 0 Å². The van der Waals surface area contributed by atoms with Crippen molar-refractivity contribution >= 4 is 11.9 Å². The van der Waals surface area contributed by atoms with Crippen LogP contribution in [0.5, 0.6) is 0 Å². The first-order valence-electron chi connectivity index (χ1n) is 4.60. The topological polar surface area (TPSA) is 74.6 Å². The smallest absolute Gasteiger partial charge is 0.310 e. The van der Waals surface area contributed by atoms with E-state index in [1.807, 2.05) is 0 Å². The second kappa shape index (κ2) is 3.75. The van der Waals surface area contributed by atoms with Gasteiger partial charge in [-0.2, -0.15) is 0 Å². The monoisotopic (exact) mass is 222 g/mol. The highest BCUT2D eigenvalue weighted by Crippen LogP contribution is 2.45. The van der Waals surface area contributed by atoms with Crippen molar-refractivity contribution in [2.24, 2.45) is 5.41 Å². The van der Waals surface area contributed by atoms with Crippen molar-refractivity contribution in [3.05, 3.63) is 0 Å². The Labute approximate surface area is 84.9 Å². The van der Waals surface area contributed by atoms with Gasteiger partial charge in [0.15, 0.2) is 0 Å². The van der Waals surface area contributed by atoms with Crippen LogP contribution in [0.2, 0.25) is 0 Å². The molecule has 0 aromatic rings. The van der Waals surface area contributed by atoms with Crippen LogP contribution in [0, 0.1) is 5.41 Å². The Morgan fingerprint density at radius 1 is 1.07 bits per heavy atom. The molecular weight excluding hydrogens is 210 g/mol. The SMILES string of the molecule is O=C(O)CC1(C(=O)O)CCC(F)(F)CC1. The molecule has 0 amide bonds. The molecule has 0 saturated heterocycles. The van der Waals surface area contributed by atoms with Gasteiger partial charge < -0.3 is 10.2 Å². The van der Waals surface area contributed by atoms with Gasteiger partial charge in [0.05, 0.1) is 11.8 Å². The van der Waals surface area contributed by atoms with E-state index in [0.29, 0.717) is 0 Å². The average Bonchev–Trinajstić information content (AvgIpc) is 2.08. The summed E-state index contributed by atoms with van der Waals surface area (Å²) in [5.74, 6) is -5.40. The number of halogens is 2. The fraction of sp³-hybridized carbons (Fsp3) is 0.778. The lowest BCUT2D eigenvalue weighted by molar-refractivity contribution is -0.163. The van der Waals surface area contributed by atoms with Crippen molar-refractivity contribution in [1.82, 2.24) is 0 Å². The molecule has 1 rings (SSSR count). The van der Waals surface area contributed by atoms with Crippen molar-refractivity contribution in [2.75, 3.05) is 0 Å². The lowest BCUT2D eigenvalue weighted by atomic mass is 9.70. The van der Waals surface area contributed by atoms with E-state index in [1.54, 1.807) is 0 Å². The van der Waals surface area contributed by atoms with E-state index in [9.17, 15) is 18.4 Å². The maximum Gasteiger partial charge on any atom is 0.310 e. The molecule has 1 saturated carbocycles. The zero-order valence-electron chi connectivity index (χ0n) is 8.00. The van der Waals surface area contributed by atoms with Crippen molar-refractivity contribution in [3.8, 4) is 0 Å². The molecule has 0 atom stereocenters. The van der Waals surface area contributed by atoms with Gasteiger partial charge in [0.1, 0.15) is 0 Å². The van der Waals surface area contributed by atoms with Gasteiger partial charge in [-0.15, -0.1) is 0 Å². The third kappa shape index (κ3) is 2.64. The summed E-state index contributed by atoms with van der Waals surface area (Å²) in [4.78, 5) is 21.4. The second-order valence-electron chi connectivity index (χ2n) is 4.01. The summed E-state index contributed by atoms with van der Waals surface area (Å²) in [6.45, 7) is 0. The molecule has 1 fully saturated rings. The van der Waals surface area contributed by atoms with Crippen LogP contribution in [0.3, 0.4) is 0 Å². The number of carboxylic acids is 2. The predicted octanol–water partition coefficient (Wildman–Crippen LogP) is 1.74. The molecule has 4 nitrogen and oxygen atoms in total. The second-order valence-corrected chi connectivity index (χ2v) is 4.01. The van der Waals surface area contributed by atoms with Crippen LogP contribution in [0.15, 0.2) is 0 Å². The number of carbonyl (C=O) groups is 2. The summed E-state index contributed by atoms with van der Waals surface area (Å²) in [6.07, 6.45) is -2.24. The van der Waals surface area contributed by atoms with Gasteiger partial charge in [0, 0.05) is 12.8 Å². The Morgan fingerprint density at radius 2 is 1.53 bits per heavy atom. The normalized spacial score (nSPS) is 23.3. The van der Waals surface area contributed by atoms with Crippen LogP contribution in [0.4, 0.5) is 8.78 Å². The fourth-order valence-electron chi connectivity index (χ4n) is 1.85. The van der Waals surface area contributed by atoms with Crippen molar-refractivity contribution < 1.29 is 28.6 Å². The molecule has 0 unspecified atom stereocenters. The molecule has 0 heterocycles. The van der Waals surface area contributed by atoms with E-state index in [1.165, 1.54) is 0 Å². The number of alkyl halides is 2. The molecule has 0 spiro atoms. The predicted molar refractivity (Wildman–Crippen MR) is 45.7 cm³/mol. The summed E-state index contributed by atoms with van der Waals surface area (Å²) in [5, 5.41) is 17.5. The number of hydrogen-bond donors (Lipinski definition) is 2. The van der Waals surface area contributed by atoms with Gasteiger partial charge >= 0.3 is 11.9 Å². The molecule has 0 radical (unpaired) electrons. The minimum atomic E-state index is -2.85. The largest absolute Gasteiger partial charge is 0.481 e. The Balaban J connectivity index is 2.78. The molecule has 15 heavy (non-hydrogen) atoms. The highest BCUT2D eigenvalue weighted by molar-refractivity contribution is 5.81. The van der Waals surface area contributed by atoms with Crippen molar-refractivity contribution in [3.63, 3.8) is 0 Å². The maximum absolute atomic E-state index is 12.8. The lowest BCUT2D eigenvalue weighted by Gasteiger charge is -2.35. The Hall–Kier alpha value is -1.20. The van der Waals surface area contributed by atoms with Crippen LogP contribution < -0.4 is 0 Å². The first-order chi connectivity index (χ1) is 6.77. The van der Waals surface area contributed by atoms with E-state index < -0.39 is 42.5 Å². The van der Waals surface area contributed by atoms with Gasteiger partial charge in [-0.3, -0.25) is 9.59 Å². The first-order valence-corrected chi connectivity index (χ1v) is 4.60.